The molecule has 0 aliphatic heterocycles. The van der Waals surface area contributed by atoms with Gasteiger partial charge in [-0.1, -0.05) is 41.4 Å². The van der Waals surface area contributed by atoms with E-state index in [9.17, 15) is 4.79 Å². The van der Waals surface area contributed by atoms with E-state index in [4.69, 9.17) is 32.7 Å². The molecule has 0 aromatic heterocycles. The number of hydrogen-bond acceptors (Lipinski definition) is 3. The lowest BCUT2D eigenvalue weighted by Gasteiger charge is -2.05. The number of benzene rings is 2. The number of allylic oxidation sites excluding steroid dienone is 1. The average molecular weight is 351 g/mol. The van der Waals surface area contributed by atoms with Crippen molar-refractivity contribution < 1.29 is 14.3 Å². The Hall–Kier alpha value is -1.81. The van der Waals surface area contributed by atoms with Gasteiger partial charge in [0.25, 0.3) is 0 Å². The summed E-state index contributed by atoms with van der Waals surface area (Å²) in [5.74, 6) is 0.584. The zero-order chi connectivity index (χ0) is 16.7. The molecule has 0 bridgehead atoms. The van der Waals surface area contributed by atoms with Crippen molar-refractivity contribution in [3.63, 3.8) is 0 Å². The van der Waals surface area contributed by atoms with Crippen LogP contribution in [0.15, 0.2) is 48.5 Å². The average Bonchev–Trinajstić information content (AvgIpc) is 2.56. The van der Waals surface area contributed by atoms with Crippen molar-refractivity contribution in [2.45, 2.75) is 0 Å². The third-order valence-electron chi connectivity index (χ3n) is 3.05. The van der Waals surface area contributed by atoms with Crippen LogP contribution in [0, 0.1) is 0 Å². The van der Waals surface area contributed by atoms with Crippen LogP contribution in [0.2, 0.25) is 10.0 Å². The molecule has 0 heterocycles. The molecule has 0 radical (unpaired) electrons. The molecule has 0 atom stereocenters. The van der Waals surface area contributed by atoms with Crippen LogP contribution in [0.4, 0.5) is 0 Å². The normalized spacial score (nSPS) is 10.9. The summed E-state index contributed by atoms with van der Waals surface area (Å²) in [7, 11) is 1.62. The van der Waals surface area contributed by atoms with E-state index in [-0.39, 0.29) is 5.78 Å². The van der Waals surface area contributed by atoms with Gasteiger partial charge in [-0.2, -0.15) is 0 Å². The van der Waals surface area contributed by atoms with Gasteiger partial charge in [0.2, 0.25) is 0 Å². The lowest BCUT2D eigenvalue weighted by Crippen LogP contribution is -2.04. The number of methoxy groups -OCH3 is 1. The lowest BCUT2D eigenvalue weighted by atomic mass is 10.1. The molecule has 120 valence electrons. The first-order valence-corrected chi connectivity index (χ1v) is 7.75. The fourth-order valence-corrected chi connectivity index (χ4v) is 2.17. The van der Waals surface area contributed by atoms with Crippen LogP contribution in [0.25, 0.3) is 6.08 Å². The Bertz CT molecular complexity index is 711. The zero-order valence-electron chi connectivity index (χ0n) is 12.6. The van der Waals surface area contributed by atoms with E-state index >= 15 is 0 Å². The standard InChI is InChI=1S/C18H16Cl2O3/c1-22-9-10-23-15-4-2-3-13(11-15)5-8-18(21)14-6-7-16(19)17(20)12-14/h2-8,11-12H,9-10H2,1H3/b8-5+. The maximum atomic E-state index is 12.1. The van der Waals surface area contributed by atoms with Crippen LogP contribution < -0.4 is 4.74 Å². The van der Waals surface area contributed by atoms with Gasteiger partial charge in [0.15, 0.2) is 5.78 Å². The third kappa shape index (κ3) is 5.39. The smallest absolute Gasteiger partial charge is 0.185 e. The summed E-state index contributed by atoms with van der Waals surface area (Å²) in [4.78, 5) is 12.1. The van der Waals surface area contributed by atoms with Crippen LogP contribution in [0.1, 0.15) is 15.9 Å². The Balaban J connectivity index is 2.05. The molecule has 0 saturated carbocycles. The van der Waals surface area contributed by atoms with E-state index in [0.717, 1.165) is 11.3 Å². The Morgan fingerprint density at radius 2 is 1.91 bits per heavy atom. The predicted molar refractivity (Wildman–Crippen MR) is 93.6 cm³/mol. The van der Waals surface area contributed by atoms with Crippen molar-refractivity contribution in [2.75, 3.05) is 20.3 Å². The SMILES string of the molecule is COCCOc1cccc(/C=C/C(=O)c2ccc(Cl)c(Cl)c2)c1. The largest absolute Gasteiger partial charge is 0.491 e. The van der Waals surface area contributed by atoms with Crippen LogP contribution >= 0.6 is 23.2 Å². The summed E-state index contributed by atoms with van der Waals surface area (Å²) < 4.78 is 10.5. The molecular formula is C18H16Cl2O3. The zero-order valence-corrected chi connectivity index (χ0v) is 14.1. The second-order valence-electron chi connectivity index (χ2n) is 4.74. The third-order valence-corrected chi connectivity index (χ3v) is 3.78. The minimum atomic E-state index is -0.144. The van der Waals surface area contributed by atoms with Crippen molar-refractivity contribution in [3.8, 4) is 5.75 Å². The maximum Gasteiger partial charge on any atom is 0.185 e. The highest BCUT2D eigenvalue weighted by Gasteiger charge is 2.05. The molecule has 0 amide bonds. The van der Waals surface area contributed by atoms with E-state index in [1.54, 1.807) is 31.4 Å². The molecule has 2 aromatic rings. The van der Waals surface area contributed by atoms with E-state index in [0.29, 0.717) is 28.8 Å². The predicted octanol–water partition coefficient (Wildman–Crippen LogP) is 4.91. The highest BCUT2D eigenvalue weighted by atomic mass is 35.5. The fourth-order valence-electron chi connectivity index (χ4n) is 1.87. The molecular weight excluding hydrogens is 335 g/mol. The number of ketones is 1. The van der Waals surface area contributed by atoms with Gasteiger partial charge in [0.1, 0.15) is 12.4 Å². The number of halogens is 2. The Morgan fingerprint density at radius 3 is 2.65 bits per heavy atom. The summed E-state index contributed by atoms with van der Waals surface area (Å²) in [6.45, 7) is 1.00. The van der Waals surface area contributed by atoms with Gasteiger partial charge in [-0.05, 0) is 42.0 Å². The summed E-state index contributed by atoms with van der Waals surface area (Å²) in [6, 6.07) is 12.3. The van der Waals surface area contributed by atoms with E-state index < -0.39 is 0 Å². The number of carbonyl (C=O) groups is 1. The van der Waals surface area contributed by atoms with Crippen LogP contribution in [-0.2, 0) is 4.74 Å². The lowest BCUT2D eigenvalue weighted by molar-refractivity contribution is 0.104. The van der Waals surface area contributed by atoms with Gasteiger partial charge >= 0.3 is 0 Å². The molecule has 0 spiro atoms. The molecule has 2 aromatic carbocycles. The van der Waals surface area contributed by atoms with Crippen molar-refractivity contribution in [1.82, 2.24) is 0 Å². The minimum absolute atomic E-state index is 0.144. The molecule has 3 nitrogen and oxygen atoms in total. The highest BCUT2D eigenvalue weighted by molar-refractivity contribution is 6.42. The molecule has 0 aliphatic rings. The van der Waals surface area contributed by atoms with E-state index in [1.807, 2.05) is 24.3 Å². The summed E-state index contributed by atoms with van der Waals surface area (Å²) in [6.07, 6.45) is 3.22. The molecule has 0 saturated heterocycles. The Kier molecular flexibility index (Phi) is 6.66. The molecule has 0 N–H and O–H groups in total. The van der Waals surface area contributed by atoms with Crippen molar-refractivity contribution in [1.29, 1.82) is 0 Å². The van der Waals surface area contributed by atoms with Gasteiger partial charge in [-0.25, -0.2) is 0 Å². The second-order valence-corrected chi connectivity index (χ2v) is 5.55. The van der Waals surface area contributed by atoms with Gasteiger partial charge in [0, 0.05) is 12.7 Å². The van der Waals surface area contributed by atoms with E-state index in [2.05, 4.69) is 0 Å². The molecule has 5 heteroatoms. The second kappa shape index (κ2) is 8.73. The van der Waals surface area contributed by atoms with Crippen molar-refractivity contribution in [2.24, 2.45) is 0 Å². The Morgan fingerprint density at radius 1 is 1.09 bits per heavy atom. The first-order valence-electron chi connectivity index (χ1n) is 6.99. The van der Waals surface area contributed by atoms with Gasteiger partial charge < -0.3 is 9.47 Å². The van der Waals surface area contributed by atoms with Crippen molar-refractivity contribution >= 4 is 35.1 Å². The summed E-state index contributed by atoms with van der Waals surface area (Å²) >= 11 is 11.8. The number of carbonyl (C=O) groups excluding carboxylic acids is 1. The van der Waals surface area contributed by atoms with E-state index in [1.165, 1.54) is 6.08 Å². The Labute approximate surface area is 145 Å². The van der Waals surface area contributed by atoms with Gasteiger partial charge in [-0.3, -0.25) is 4.79 Å². The summed E-state index contributed by atoms with van der Waals surface area (Å²) in [5.41, 5.74) is 1.36. The maximum absolute atomic E-state index is 12.1. The van der Waals surface area contributed by atoms with Gasteiger partial charge in [0.05, 0.1) is 16.7 Å². The monoisotopic (exact) mass is 350 g/mol. The highest BCUT2D eigenvalue weighted by Crippen LogP contribution is 2.23. The fraction of sp³-hybridized carbons (Fsp3) is 0.167. The van der Waals surface area contributed by atoms with Crippen LogP contribution in [-0.4, -0.2) is 26.1 Å². The van der Waals surface area contributed by atoms with Crippen LogP contribution in [0.3, 0.4) is 0 Å². The first-order chi connectivity index (χ1) is 11.1. The molecule has 0 fully saturated rings. The number of ether oxygens (including phenoxy) is 2. The minimum Gasteiger partial charge on any atom is -0.491 e. The van der Waals surface area contributed by atoms with Crippen molar-refractivity contribution in [3.05, 3.63) is 69.7 Å². The van der Waals surface area contributed by atoms with Gasteiger partial charge in [-0.15, -0.1) is 0 Å². The summed E-state index contributed by atoms with van der Waals surface area (Å²) in [5, 5.41) is 0.785. The molecule has 0 unspecified atom stereocenters. The topological polar surface area (TPSA) is 35.5 Å². The number of rotatable bonds is 7. The number of hydrogen-bond donors (Lipinski definition) is 0. The first kappa shape index (κ1) is 17.5. The van der Waals surface area contributed by atoms with Crippen LogP contribution in [0.5, 0.6) is 5.75 Å². The molecule has 0 aliphatic carbocycles. The quantitative estimate of drug-likeness (QED) is 0.404. The molecule has 23 heavy (non-hydrogen) atoms. The molecule has 2 rings (SSSR count).